The van der Waals surface area contributed by atoms with Crippen LogP contribution >= 0.6 is 0 Å². The van der Waals surface area contributed by atoms with Gasteiger partial charge in [0.2, 0.25) is 6.42 Å². The molecule has 2 nitrogen and oxygen atoms in total. The molecule has 0 saturated carbocycles. The lowest BCUT2D eigenvalue weighted by molar-refractivity contribution is 0.0523. The first-order chi connectivity index (χ1) is 5.04. The predicted molar refractivity (Wildman–Crippen MR) is 43.3 cm³/mol. The van der Waals surface area contributed by atoms with E-state index in [1.165, 1.54) is 0 Å². The van der Waals surface area contributed by atoms with Crippen LogP contribution in [0.2, 0.25) is 0 Å². The minimum atomic E-state index is -0.979. The summed E-state index contributed by atoms with van der Waals surface area (Å²) in [7, 11) is 3.52. The molecule has 0 aromatic heterocycles. The summed E-state index contributed by atoms with van der Waals surface area (Å²) in [5.41, 5.74) is 1.06. The smallest absolute Gasteiger partial charge is 0.248 e. The van der Waals surface area contributed by atoms with Crippen molar-refractivity contribution in [2.24, 2.45) is 5.92 Å². The van der Waals surface area contributed by atoms with Crippen molar-refractivity contribution in [3.8, 4) is 0 Å². The van der Waals surface area contributed by atoms with Gasteiger partial charge in [-0.1, -0.05) is 13.8 Å². The molecule has 0 aliphatic carbocycles. The average molecular weight is 158 g/mol. The molecule has 0 spiro atoms. The minimum Gasteiger partial charge on any atom is -0.333 e. The second-order valence-electron chi connectivity index (χ2n) is 3.30. The summed E-state index contributed by atoms with van der Waals surface area (Å²) in [5.74, 6) is 0.392. The number of rotatable bonds is 1. The van der Waals surface area contributed by atoms with Gasteiger partial charge in [-0.25, -0.2) is 0 Å². The Hall–Kier alpha value is -0.730. The van der Waals surface area contributed by atoms with E-state index in [1.54, 1.807) is 23.9 Å². The fourth-order valence-corrected chi connectivity index (χ4v) is 1.31. The molecule has 0 bridgehead atoms. The number of hydrogen-bond donors (Lipinski definition) is 0. The van der Waals surface area contributed by atoms with Gasteiger partial charge in [0.05, 0.1) is 0 Å². The van der Waals surface area contributed by atoms with Crippen molar-refractivity contribution >= 4 is 0 Å². The van der Waals surface area contributed by atoms with Gasteiger partial charge < -0.3 is 9.80 Å². The van der Waals surface area contributed by atoms with E-state index in [1.807, 2.05) is 6.20 Å². The topological polar surface area (TPSA) is 6.48 Å². The predicted octanol–water partition coefficient (Wildman–Crippen LogP) is 1.61. The van der Waals surface area contributed by atoms with E-state index < -0.39 is 6.42 Å². The van der Waals surface area contributed by atoms with Gasteiger partial charge in [-0.2, -0.15) is 4.39 Å². The Labute approximate surface area is 67.3 Å². The van der Waals surface area contributed by atoms with Crippen molar-refractivity contribution in [3.63, 3.8) is 0 Å². The van der Waals surface area contributed by atoms with Crippen molar-refractivity contribution in [1.29, 1.82) is 0 Å². The second-order valence-corrected chi connectivity index (χ2v) is 3.30. The Morgan fingerprint density at radius 2 is 2.00 bits per heavy atom. The van der Waals surface area contributed by atoms with Crippen molar-refractivity contribution in [1.82, 2.24) is 9.80 Å². The highest BCUT2D eigenvalue weighted by Crippen LogP contribution is 2.25. The van der Waals surface area contributed by atoms with E-state index in [2.05, 4.69) is 13.8 Å². The molecule has 0 fully saturated rings. The molecule has 1 atom stereocenters. The maximum Gasteiger partial charge on any atom is 0.248 e. The number of halogens is 1. The van der Waals surface area contributed by atoms with Gasteiger partial charge in [0, 0.05) is 26.0 Å². The fraction of sp³-hybridized carbons (Fsp3) is 0.750. The van der Waals surface area contributed by atoms with Gasteiger partial charge in [0.15, 0.2) is 0 Å². The molecule has 3 heteroatoms. The summed E-state index contributed by atoms with van der Waals surface area (Å²) in [5, 5.41) is 0. The molecule has 1 rings (SSSR count). The largest absolute Gasteiger partial charge is 0.333 e. The zero-order valence-electron chi connectivity index (χ0n) is 7.50. The first-order valence-corrected chi connectivity index (χ1v) is 3.84. The summed E-state index contributed by atoms with van der Waals surface area (Å²) in [6, 6.07) is 0. The van der Waals surface area contributed by atoms with E-state index in [-0.39, 0.29) is 0 Å². The lowest BCUT2D eigenvalue weighted by Crippen LogP contribution is -2.31. The standard InChI is InChI=1S/C8H15FN2/c1-6(2)7-5-10(3)8(9)11(7)4/h5-6,8H,1-4H3. The number of nitrogens with zero attached hydrogens (tertiary/aromatic N) is 2. The third-order valence-corrected chi connectivity index (χ3v) is 1.99. The van der Waals surface area contributed by atoms with Crippen LogP contribution in [0, 0.1) is 5.92 Å². The van der Waals surface area contributed by atoms with E-state index in [9.17, 15) is 4.39 Å². The third kappa shape index (κ3) is 1.32. The highest BCUT2D eigenvalue weighted by atomic mass is 19.1. The molecule has 1 aliphatic rings. The van der Waals surface area contributed by atoms with E-state index in [4.69, 9.17) is 0 Å². The number of alkyl halides is 1. The average Bonchev–Trinajstić information content (AvgIpc) is 2.17. The van der Waals surface area contributed by atoms with Crippen LogP contribution in [-0.4, -0.2) is 30.3 Å². The van der Waals surface area contributed by atoms with Crippen molar-refractivity contribution in [2.45, 2.75) is 20.3 Å². The molecule has 64 valence electrons. The molecule has 0 aromatic rings. The van der Waals surface area contributed by atoms with E-state index in [0.29, 0.717) is 5.92 Å². The van der Waals surface area contributed by atoms with Crippen molar-refractivity contribution in [2.75, 3.05) is 14.1 Å². The van der Waals surface area contributed by atoms with Gasteiger partial charge >= 0.3 is 0 Å². The quantitative estimate of drug-likeness (QED) is 0.535. The summed E-state index contributed by atoms with van der Waals surface area (Å²) in [4.78, 5) is 3.24. The Kier molecular flexibility index (Phi) is 2.07. The molecule has 0 saturated heterocycles. The van der Waals surface area contributed by atoms with Crippen LogP contribution in [0.4, 0.5) is 4.39 Å². The van der Waals surface area contributed by atoms with Crippen LogP contribution < -0.4 is 0 Å². The molecule has 11 heavy (non-hydrogen) atoms. The summed E-state index contributed by atoms with van der Waals surface area (Å²) >= 11 is 0. The van der Waals surface area contributed by atoms with E-state index in [0.717, 1.165) is 5.70 Å². The maximum absolute atomic E-state index is 13.1. The minimum absolute atomic E-state index is 0.392. The molecule has 1 unspecified atom stereocenters. The second kappa shape index (κ2) is 2.72. The molecule has 1 aliphatic heterocycles. The van der Waals surface area contributed by atoms with Gasteiger partial charge in [0.1, 0.15) is 0 Å². The van der Waals surface area contributed by atoms with Gasteiger partial charge in [-0.3, -0.25) is 0 Å². The fourth-order valence-electron chi connectivity index (χ4n) is 1.31. The summed E-state index contributed by atoms with van der Waals surface area (Å²) in [6.07, 6.45) is 0.877. The van der Waals surface area contributed by atoms with E-state index >= 15 is 0 Å². The molecular weight excluding hydrogens is 143 g/mol. The molecule has 0 aromatic carbocycles. The zero-order valence-corrected chi connectivity index (χ0v) is 7.50. The Balaban J connectivity index is 2.75. The number of allylic oxidation sites excluding steroid dienone is 1. The third-order valence-electron chi connectivity index (χ3n) is 1.99. The lowest BCUT2D eigenvalue weighted by Gasteiger charge is -2.23. The van der Waals surface area contributed by atoms with Gasteiger partial charge in [-0.05, 0) is 5.92 Å². The van der Waals surface area contributed by atoms with Crippen LogP contribution in [0.1, 0.15) is 13.8 Å². The Morgan fingerprint density at radius 3 is 2.18 bits per heavy atom. The molecular formula is C8H15FN2. The maximum atomic E-state index is 13.1. The van der Waals surface area contributed by atoms with Crippen LogP contribution in [0.5, 0.6) is 0 Å². The monoisotopic (exact) mass is 158 g/mol. The molecule has 0 radical (unpaired) electrons. The molecule has 0 amide bonds. The highest BCUT2D eigenvalue weighted by Gasteiger charge is 2.27. The summed E-state index contributed by atoms with van der Waals surface area (Å²) < 4.78 is 13.1. The van der Waals surface area contributed by atoms with Gasteiger partial charge in [0.25, 0.3) is 0 Å². The molecule has 1 heterocycles. The zero-order chi connectivity index (χ0) is 8.59. The van der Waals surface area contributed by atoms with Crippen LogP contribution in [0.15, 0.2) is 11.9 Å². The van der Waals surface area contributed by atoms with Crippen LogP contribution in [0.25, 0.3) is 0 Å². The number of hydrogen-bond acceptors (Lipinski definition) is 2. The Bertz CT molecular complexity index is 177. The van der Waals surface area contributed by atoms with Crippen LogP contribution in [0.3, 0.4) is 0 Å². The SMILES string of the molecule is CC(C)C1=CN(C)C(F)N1C. The normalized spacial score (nSPS) is 24.9. The Morgan fingerprint density at radius 1 is 1.45 bits per heavy atom. The first-order valence-electron chi connectivity index (χ1n) is 3.84. The van der Waals surface area contributed by atoms with Crippen LogP contribution in [-0.2, 0) is 0 Å². The van der Waals surface area contributed by atoms with Crippen molar-refractivity contribution < 1.29 is 4.39 Å². The summed E-state index contributed by atoms with van der Waals surface area (Å²) in [6.45, 7) is 4.13. The first kappa shape index (κ1) is 8.37. The molecule has 0 N–H and O–H groups in total. The van der Waals surface area contributed by atoms with Gasteiger partial charge in [-0.15, -0.1) is 0 Å². The highest BCUT2D eigenvalue weighted by molar-refractivity contribution is 5.08. The van der Waals surface area contributed by atoms with Crippen molar-refractivity contribution in [3.05, 3.63) is 11.9 Å². The lowest BCUT2D eigenvalue weighted by atomic mass is 10.1.